The summed E-state index contributed by atoms with van der Waals surface area (Å²) < 4.78 is 11.7. The third-order valence-electron chi connectivity index (χ3n) is 3.49. The van der Waals surface area contributed by atoms with Gasteiger partial charge in [0.25, 0.3) is 0 Å². The second-order valence-electron chi connectivity index (χ2n) is 5.26. The van der Waals surface area contributed by atoms with E-state index in [-0.39, 0.29) is 0 Å². The number of nitrogen functional groups attached to an aromatic ring is 1. The highest BCUT2D eigenvalue weighted by Gasteiger charge is 2.22. The quantitative estimate of drug-likeness (QED) is 0.882. The smallest absolute Gasteiger partial charge is 0.165 e. The van der Waals surface area contributed by atoms with Gasteiger partial charge in [-0.25, -0.2) is 0 Å². The van der Waals surface area contributed by atoms with Crippen molar-refractivity contribution in [2.75, 3.05) is 18.9 Å². The van der Waals surface area contributed by atoms with E-state index in [1.165, 1.54) is 0 Å². The molecule has 0 saturated carbocycles. The van der Waals surface area contributed by atoms with Crippen molar-refractivity contribution < 1.29 is 9.47 Å². The van der Waals surface area contributed by atoms with E-state index in [2.05, 4.69) is 24.0 Å². The third kappa shape index (κ3) is 2.09. The summed E-state index contributed by atoms with van der Waals surface area (Å²) in [5, 5.41) is 6.79. The van der Waals surface area contributed by atoms with Gasteiger partial charge in [-0.3, -0.25) is 5.10 Å². The van der Waals surface area contributed by atoms with Crippen molar-refractivity contribution in [3.05, 3.63) is 23.9 Å². The van der Waals surface area contributed by atoms with Crippen LogP contribution >= 0.6 is 0 Å². The number of nitrogens with zero attached hydrogens (tertiary/aromatic N) is 1. The molecule has 0 spiro atoms. The molecule has 5 nitrogen and oxygen atoms in total. The lowest BCUT2D eigenvalue weighted by molar-refractivity contribution is 0.296. The molecule has 0 unspecified atom stereocenters. The van der Waals surface area contributed by atoms with Crippen molar-refractivity contribution in [1.82, 2.24) is 10.2 Å². The van der Waals surface area contributed by atoms with Crippen LogP contribution in [0.15, 0.2) is 18.3 Å². The number of aromatic amines is 1. The molecule has 0 bridgehead atoms. The molecule has 1 aromatic heterocycles. The second kappa shape index (κ2) is 5.07. The molecule has 0 amide bonds. The Balaban J connectivity index is 2.21. The molecule has 1 aliphatic rings. The van der Waals surface area contributed by atoms with Gasteiger partial charge in [-0.1, -0.05) is 13.8 Å². The van der Waals surface area contributed by atoms with Crippen LogP contribution in [0, 0.1) is 0 Å². The molecule has 20 heavy (non-hydrogen) atoms. The fourth-order valence-electron chi connectivity index (χ4n) is 2.58. The lowest BCUT2D eigenvalue weighted by Gasteiger charge is -2.19. The molecule has 3 rings (SSSR count). The van der Waals surface area contributed by atoms with E-state index >= 15 is 0 Å². The highest BCUT2D eigenvalue weighted by molar-refractivity contribution is 5.79. The first-order valence-corrected chi connectivity index (χ1v) is 6.90. The number of rotatable bonds is 2. The van der Waals surface area contributed by atoms with Crippen LogP contribution in [-0.4, -0.2) is 23.4 Å². The number of nitrogens with one attached hydrogen (secondary N) is 1. The maximum atomic E-state index is 5.96. The Labute approximate surface area is 118 Å². The van der Waals surface area contributed by atoms with Crippen LogP contribution in [0.25, 0.3) is 11.1 Å². The molecule has 106 valence electrons. The standard InChI is InChI=1S/C15H19N3O2/c1-9(2)13-10(11-8-17-18-15(11)16)4-5-12-14(13)20-7-3-6-19-12/h4-5,8-9H,3,6-7H2,1-2H3,(H3,16,17,18). The van der Waals surface area contributed by atoms with Crippen LogP contribution in [0.2, 0.25) is 0 Å². The Bertz CT molecular complexity index is 620. The van der Waals surface area contributed by atoms with Crippen molar-refractivity contribution in [1.29, 1.82) is 0 Å². The van der Waals surface area contributed by atoms with E-state index in [4.69, 9.17) is 15.2 Å². The zero-order valence-electron chi connectivity index (χ0n) is 11.8. The lowest BCUT2D eigenvalue weighted by atomic mass is 9.92. The van der Waals surface area contributed by atoms with Crippen molar-refractivity contribution in [2.24, 2.45) is 0 Å². The minimum absolute atomic E-state index is 0.302. The number of benzene rings is 1. The summed E-state index contributed by atoms with van der Waals surface area (Å²) in [6.07, 6.45) is 2.65. The van der Waals surface area contributed by atoms with Gasteiger partial charge in [0.15, 0.2) is 11.5 Å². The molecule has 0 fully saturated rings. The van der Waals surface area contributed by atoms with Crippen LogP contribution in [0.1, 0.15) is 31.7 Å². The minimum atomic E-state index is 0.302. The van der Waals surface area contributed by atoms with Crippen molar-refractivity contribution >= 4 is 5.82 Å². The average molecular weight is 273 g/mol. The molecule has 3 N–H and O–H groups in total. The number of fused-ring (bicyclic) bond motifs is 1. The highest BCUT2D eigenvalue weighted by Crippen LogP contribution is 2.44. The van der Waals surface area contributed by atoms with Crippen LogP contribution < -0.4 is 15.2 Å². The zero-order valence-corrected chi connectivity index (χ0v) is 11.8. The van der Waals surface area contributed by atoms with Crippen molar-refractivity contribution in [3.8, 4) is 22.6 Å². The Hall–Kier alpha value is -2.17. The summed E-state index contributed by atoms with van der Waals surface area (Å²) in [4.78, 5) is 0. The summed E-state index contributed by atoms with van der Waals surface area (Å²) >= 11 is 0. The molecule has 1 aliphatic heterocycles. The highest BCUT2D eigenvalue weighted by atomic mass is 16.5. The summed E-state index contributed by atoms with van der Waals surface area (Å²) in [7, 11) is 0. The normalized spacial score (nSPS) is 14.3. The molecular formula is C15H19N3O2. The first-order valence-electron chi connectivity index (χ1n) is 6.90. The fourth-order valence-corrected chi connectivity index (χ4v) is 2.58. The number of anilines is 1. The van der Waals surface area contributed by atoms with Gasteiger partial charge in [0.05, 0.1) is 19.4 Å². The summed E-state index contributed by atoms with van der Waals surface area (Å²) in [6, 6.07) is 3.98. The fraction of sp³-hybridized carbons (Fsp3) is 0.400. The summed E-state index contributed by atoms with van der Waals surface area (Å²) in [5.74, 6) is 2.53. The van der Waals surface area contributed by atoms with E-state index in [9.17, 15) is 0 Å². The topological polar surface area (TPSA) is 73.2 Å². The van der Waals surface area contributed by atoms with E-state index in [1.54, 1.807) is 6.20 Å². The maximum absolute atomic E-state index is 5.96. The second-order valence-corrected chi connectivity index (χ2v) is 5.26. The van der Waals surface area contributed by atoms with Crippen molar-refractivity contribution in [3.63, 3.8) is 0 Å². The predicted molar refractivity (Wildman–Crippen MR) is 78.1 cm³/mol. The average Bonchev–Trinajstić information content (AvgIpc) is 2.71. The molecule has 1 aromatic carbocycles. The molecule has 5 heteroatoms. The first-order chi connectivity index (χ1) is 9.68. The third-order valence-corrected chi connectivity index (χ3v) is 3.49. The largest absolute Gasteiger partial charge is 0.490 e. The van der Waals surface area contributed by atoms with Crippen LogP contribution in [0.3, 0.4) is 0 Å². The van der Waals surface area contributed by atoms with Crippen LogP contribution in [-0.2, 0) is 0 Å². The number of ether oxygens (including phenoxy) is 2. The maximum Gasteiger partial charge on any atom is 0.165 e. The summed E-state index contributed by atoms with van der Waals surface area (Å²) in [6.45, 7) is 5.65. The first kappa shape index (κ1) is 12.8. The van der Waals surface area contributed by atoms with E-state index in [1.807, 2.05) is 12.1 Å². The SMILES string of the molecule is CC(C)c1c(-c2cn[nH]c2N)ccc2c1OCCCO2. The molecule has 0 aliphatic carbocycles. The molecule has 2 heterocycles. The van der Waals surface area contributed by atoms with Gasteiger partial charge in [-0.2, -0.15) is 5.10 Å². The molecule has 0 radical (unpaired) electrons. The number of nitrogens with two attached hydrogens (primary N) is 1. The summed E-state index contributed by atoms with van der Waals surface area (Å²) in [5.41, 5.74) is 9.04. The zero-order chi connectivity index (χ0) is 14.1. The molecule has 0 saturated heterocycles. The minimum Gasteiger partial charge on any atom is -0.490 e. The monoisotopic (exact) mass is 273 g/mol. The number of H-pyrrole nitrogens is 1. The van der Waals surface area contributed by atoms with Gasteiger partial charge in [0.2, 0.25) is 0 Å². The Morgan fingerprint density at radius 1 is 1.20 bits per heavy atom. The molecule has 0 atom stereocenters. The van der Waals surface area contributed by atoms with Crippen molar-refractivity contribution in [2.45, 2.75) is 26.2 Å². The van der Waals surface area contributed by atoms with Gasteiger partial charge in [0.1, 0.15) is 5.82 Å². The Morgan fingerprint density at radius 2 is 2.00 bits per heavy atom. The van der Waals surface area contributed by atoms with Gasteiger partial charge in [0, 0.05) is 17.5 Å². The van der Waals surface area contributed by atoms with E-state index in [0.717, 1.165) is 34.6 Å². The Morgan fingerprint density at radius 3 is 2.70 bits per heavy atom. The van der Waals surface area contributed by atoms with Crippen LogP contribution in [0.5, 0.6) is 11.5 Å². The number of hydrogen-bond donors (Lipinski definition) is 2. The number of aromatic nitrogens is 2. The van der Waals surface area contributed by atoms with Gasteiger partial charge in [-0.05, 0) is 23.6 Å². The van der Waals surface area contributed by atoms with Gasteiger partial charge >= 0.3 is 0 Å². The molecular weight excluding hydrogens is 254 g/mol. The van der Waals surface area contributed by atoms with Gasteiger partial charge in [-0.15, -0.1) is 0 Å². The number of hydrogen-bond acceptors (Lipinski definition) is 4. The van der Waals surface area contributed by atoms with Gasteiger partial charge < -0.3 is 15.2 Å². The predicted octanol–water partition coefficient (Wildman–Crippen LogP) is 2.94. The Kier molecular flexibility index (Phi) is 3.26. The van der Waals surface area contributed by atoms with Crippen LogP contribution in [0.4, 0.5) is 5.82 Å². The lowest BCUT2D eigenvalue weighted by Crippen LogP contribution is -2.02. The van der Waals surface area contributed by atoms with E-state index < -0.39 is 0 Å². The molecule has 2 aromatic rings. The van der Waals surface area contributed by atoms with E-state index in [0.29, 0.717) is 24.9 Å².